The van der Waals surface area contributed by atoms with Gasteiger partial charge in [0.15, 0.2) is 11.5 Å². The number of rotatable bonds is 4. The van der Waals surface area contributed by atoms with Gasteiger partial charge >= 0.3 is 0 Å². The highest BCUT2D eigenvalue weighted by atomic mass is 16.5. The van der Waals surface area contributed by atoms with Crippen molar-refractivity contribution in [2.24, 2.45) is 5.92 Å². The summed E-state index contributed by atoms with van der Waals surface area (Å²) in [5, 5.41) is 5.83. The van der Waals surface area contributed by atoms with Crippen molar-refractivity contribution < 1.29 is 23.5 Å². The molecule has 10 nitrogen and oxygen atoms in total. The van der Waals surface area contributed by atoms with E-state index in [1.807, 2.05) is 49.1 Å². The third-order valence-corrected chi connectivity index (χ3v) is 6.40. The lowest BCUT2D eigenvalue weighted by molar-refractivity contribution is -0.130. The van der Waals surface area contributed by atoms with E-state index in [1.165, 1.54) is 0 Å². The van der Waals surface area contributed by atoms with Crippen LogP contribution in [0.25, 0.3) is 11.5 Å². The van der Waals surface area contributed by atoms with Crippen molar-refractivity contribution in [3.8, 4) is 23.0 Å². The molecule has 4 bridgehead atoms. The molecule has 1 aliphatic rings. The number of nitrogens with zero attached hydrogens (tertiary/aromatic N) is 3. The molecular formula is C28H35N5O5. The number of carbonyl (C=O) groups is 2. The predicted octanol–water partition coefficient (Wildman–Crippen LogP) is 3.10. The Morgan fingerprint density at radius 2 is 1.97 bits per heavy atom. The Bertz CT molecular complexity index is 1240. The number of hydrogen-bond donors (Lipinski definition) is 2. The van der Waals surface area contributed by atoms with Crippen molar-refractivity contribution in [2.75, 3.05) is 26.8 Å². The standard InChI is InChI=1S/C28H35N5O5/c1-18(2)26-27(35)30-15-22-19(3)38-28(31-22)21-6-7-23(36-4)24(14-21)37-13-5-12-33(17-25(34)32-26)16-20-8-10-29-11-9-20/h6-11,14,18,26H,5,12-13,15-17H2,1-4H3,(H,30,35)(H,32,34)/t26-/m0/s1. The minimum Gasteiger partial charge on any atom is -0.493 e. The highest BCUT2D eigenvalue weighted by Crippen LogP contribution is 2.33. The number of amides is 2. The van der Waals surface area contributed by atoms with Crippen LogP contribution >= 0.6 is 0 Å². The number of methoxy groups -OCH3 is 1. The van der Waals surface area contributed by atoms with Gasteiger partial charge < -0.3 is 24.5 Å². The van der Waals surface area contributed by atoms with E-state index < -0.39 is 6.04 Å². The van der Waals surface area contributed by atoms with Crippen molar-refractivity contribution in [3.05, 3.63) is 59.7 Å². The summed E-state index contributed by atoms with van der Waals surface area (Å²) >= 11 is 0. The van der Waals surface area contributed by atoms with Gasteiger partial charge in [0.2, 0.25) is 17.7 Å². The zero-order valence-corrected chi connectivity index (χ0v) is 22.3. The Hall–Kier alpha value is -3.92. The molecule has 1 aliphatic heterocycles. The summed E-state index contributed by atoms with van der Waals surface area (Å²) < 4.78 is 17.5. The van der Waals surface area contributed by atoms with Gasteiger partial charge in [-0.15, -0.1) is 0 Å². The molecule has 0 spiro atoms. The number of carbonyl (C=O) groups excluding carboxylic acids is 2. The fourth-order valence-corrected chi connectivity index (χ4v) is 4.31. The van der Waals surface area contributed by atoms with E-state index in [4.69, 9.17) is 13.9 Å². The molecule has 38 heavy (non-hydrogen) atoms. The van der Waals surface area contributed by atoms with Crippen molar-refractivity contribution in [3.63, 3.8) is 0 Å². The van der Waals surface area contributed by atoms with Crippen molar-refractivity contribution in [2.45, 2.75) is 46.3 Å². The van der Waals surface area contributed by atoms with Crippen LogP contribution in [0.3, 0.4) is 0 Å². The lowest BCUT2D eigenvalue weighted by Gasteiger charge is -2.25. The van der Waals surface area contributed by atoms with Gasteiger partial charge in [-0.05, 0) is 55.2 Å². The Kier molecular flexibility index (Phi) is 8.96. The highest BCUT2D eigenvalue weighted by molar-refractivity contribution is 5.88. The van der Waals surface area contributed by atoms with Gasteiger partial charge in [-0.2, -0.15) is 0 Å². The van der Waals surface area contributed by atoms with Gasteiger partial charge in [0.05, 0.1) is 26.8 Å². The summed E-state index contributed by atoms with van der Waals surface area (Å²) in [4.78, 5) is 36.9. The average Bonchev–Trinajstić information content (AvgIpc) is 3.28. The molecule has 0 radical (unpaired) electrons. The number of fused-ring (bicyclic) bond motifs is 5. The second-order valence-electron chi connectivity index (χ2n) is 9.66. The van der Waals surface area contributed by atoms with E-state index in [9.17, 15) is 9.59 Å². The van der Waals surface area contributed by atoms with Crippen LogP contribution in [0.2, 0.25) is 0 Å². The third-order valence-electron chi connectivity index (χ3n) is 6.40. The predicted molar refractivity (Wildman–Crippen MR) is 141 cm³/mol. The monoisotopic (exact) mass is 521 g/mol. The summed E-state index contributed by atoms with van der Waals surface area (Å²) in [5.74, 6) is 1.63. The zero-order chi connectivity index (χ0) is 27.1. The second kappa shape index (κ2) is 12.6. The maximum absolute atomic E-state index is 13.1. The first-order valence-electron chi connectivity index (χ1n) is 12.8. The molecule has 1 aromatic carbocycles. The molecule has 0 saturated heterocycles. The molecule has 2 N–H and O–H groups in total. The van der Waals surface area contributed by atoms with Crippen LogP contribution in [0.15, 0.2) is 47.1 Å². The van der Waals surface area contributed by atoms with Crippen molar-refractivity contribution in [1.29, 1.82) is 0 Å². The molecule has 2 aromatic heterocycles. The number of aromatic nitrogens is 2. The van der Waals surface area contributed by atoms with Crippen LogP contribution in [0, 0.1) is 12.8 Å². The molecule has 0 saturated carbocycles. The van der Waals surface area contributed by atoms with Crippen LogP contribution in [0.1, 0.15) is 37.3 Å². The minimum absolute atomic E-state index is 0.0988. The molecular weight excluding hydrogens is 486 g/mol. The van der Waals surface area contributed by atoms with E-state index in [1.54, 1.807) is 26.4 Å². The van der Waals surface area contributed by atoms with Gasteiger partial charge in [0, 0.05) is 31.0 Å². The first-order chi connectivity index (χ1) is 18.3. The smallest absolute Gasteiger partial charge is 0.243 e. The number of aryl methyl sites for hydroxylation is 1. The van der Waals surface area contributed by atoms with Crippen molar-refractivity contribution in [1.82, 2.24) is 25.5 Å². The normalized spacial score (nSPS) is 17.7. The summed E-state index contributed by atoms with van der Waals surface area (Å²) in [5.41, 5.74) is 2.41. The lowest BCUT2D eigenvalue weighted by atomic mass is 10.0. The maximum Gasteiger partial charge on any atom is 0.243 e. The number of oxazole rings is 1. The maximum atomic E-state index is 13.1. The van der Waals surface area contributed by atoms with E-state index in [0.29, 0.717) is 55.0 Å². The summed E-state index contributed by atoms with van der Waals surface area (Å²) in [7, 11) is 1.59. The van der Waals surface area contributed by atoms with E-state index in [0.717, 1.165) is 11.1 Å². The van der Waals surface area contributed by atoms with Crippen molar-refractivity contribution >= 4 is 11.8 Å². The SMILES string of the molecule is COc1ccc2cc1OCCCN(Cc1ccncc1)CC(=O)N[C@@H](C(C)C)C(=O)NCc1nc-2oc1C. The lowest BCUT2D eigenvalue weighted by Crippen LogP contribution is -2.51. The summed E-state index contributed by atoms with van der Waals surface area (Å²) in [6.07, 6.45) is 4.14. The van der Waals surface area contributed by atoms with Gasteiger partial charge in [0.25, 0.3) is 0 Å². The van der Waals surface area contributed by atoms with Crippen LogP contribution in [0.4, 0.5) is 0 Å². The molecule has 0 aliphatic carbocycles. The van der Waals surface area contributed by atoms with Gasteiger partial charge in [0.1, 0.15) is 17.5 Å². The Balaban J connectivity index is 1.61. The molecule has 2 amide bonds. The Labute approximate surface area is 222 Å². The topological polar surface area (TPSA) is 119 Å². The van der Waals surface area contributed by atoms with Gasteiger partial charge in [-0.25, -0.2) is 4.98 Å². The zero-order valence-electron chi connectivity index (χ0n) is 22.3. The molecule has 3 aromatic rings. The Morgan fingerprint density at radius 1 is 1.18 bits per heavy atom. The molecule has 3 heterocycles. The molecule has 202 valence electrons. The minimum atomic E-state index is -0.677. The second-order valence-corrected chi connectivity index (χ2v) is 9.66. The third kappa shape index (κ3) is 6.89. The molecule has 0 unspecified atom stereocenters. The number of benzene rings is 1. The largest absolute Gasteiger partial charge is 0.493 e. The van der Waals surface area contributed by atoms with Crippen LogP contribution < -0.4 is 20.1 Å². The number of ether oxygens (including phenoxy) is 2. The first kappa shape index (κ1) is 27.1. The molecule has 0 fully saturated rings. The highest BCUT2D eigenvalue weighted by Gasteiger charge is 2.26. The van der Waals surface area contributed by atoms with Gasteiger partial charge in [-0.1, -0.05) is 13.8 Å². The number of hydrogen-bond acceptors (Lipinski definition) is 8. The quantitative estimate of drug-likeness (QED) is 0.538. The fraction of sp³-hybridized carbons (Fsp3) is 0.429. The van der Waals surface area contributed by atoms with Crippen LogP contribution in [-0.4, -0.2) is 59.5 Å². The number of pyridine rings is 1. The summed E-state index contributed by atoms with van der Waals surface area (Å²) in [6.45, 7) is 7.54. The number of nitrogens with one attached hydrogen (secondary N) is 2. The first-order valence-corrected chi connectivity index (χ1v) is 12.8. The van der Waals surface area contributed by atoms with E-state index in [-0.39, 0.29) is 30.8 Å². The average molecular weight is 522 g/mol. The van der Waals surface area contributed by atoms with E-state index >= 15 is 0 Å². The molecule has 10 heteroatoms. The van der Waals surface area contributed by atoms with Gasteiger partial charge in [-0.3, -0.25) is 19.5 Å². The molecule has 1 atom stereocenters. The Morgan fingerprint density at radius 3 is 2.71 bits per heavy atom. The van der Waals surface area contributed by atoms with Crippen LogP contribution in [0.5, 0.6) is 11.5 Å². The molecule has 4 rings (SSSR count). The van der Waals surface area contributed by atoms with Crippen LogP contribution in [-0.2, 0) is 22.7 Å². The van der Waals surface area contributed by atoms with E-state index in [2.05, 4.69) is 20.6 Å². The summed E-state index contributed by atoms with van der Waals surface area (Å²) in [6, 6.07) is 8.69. The fourth-order valence-electron chi connectivity index (χ4n) is 4.31.